The maximum atomic E-state index is 6.37. The van der Waals surface area contributed by atoms with Crippen LogP contribution in [0.1, 0.15) is 11.1 Å². The van der Waals surface area contributed by atoms with Crippen molar-refractivity contribution in [2.45, 2.75) is 0 Å². The van der Waals surface area contributed by atoms with Crippen LogP contribution in [0.25, 0.3) is 10.1 Å². The van der Waals surface area contributed by atoms with E-state index in [0.29, 0.717) is 0 Å². The van der Waals surface area contributed by atoms with Crippen molar-refractivity contribution in [2.24, 2.45) is 0 Å². The van der Waals surface area contributed by atoms with Gasteiger partial charge in [0.1, 0.15) is 0 Å². The summed E-state index contributed by atoms with van der Waals surface area (Å²) in [5, 5.41) is -0.979. The molecule has 0 amide bonds. The van der Waals surface area contributed by atoms with E-state index in [-0.39, 0.29) is 71.4 Å². The Morgan fingerprint density at radius 1 is 0.308 bits per heavy atom. The number of benzene rings is 2. The van der Waals surface area contributed by atoms with Crippen molar-refractivity contribution < 1.29 is 0 Å². The first-order valence-corrected chi connectivity index (χ1v) is 10.6. The van der Waals surface area contributed by atoms with E-state index in [1.54, 1.807) is 0 Å². The minimum atomic E-state index is -0.166. The van der Waals surface area contributed by atoms with Gasteiger partial charge in [-0.1, -0.05) is 139 Å². The van der Waals surface area contributed by atoms with Gasteiger partial charge in [0, 0.05) is 11.1 Å². The summed E-state index contributed by atoms with van der Waals surface area (Å²) in [6, 6.07) is 0. The van der Waals surface area contributed by atoms with Crippen LogP contribution in [0, 0.1) is 0 Å². The normalized spacial score (nSPS) is 12.5. The predicted octanol–water partition coefficient (Wildman–Crippen LogP) is 11.5. The van der Waals surface area contributed by atoms with E-state index in [4.69, 9.17) is 139 Å². The van der Waals surface area contributed by atoms with E-state index in [9.17, 15) is 0 Å². The topological polar surface area (TPSA) is 0 Å². The van der Waals surface area contributed by atoms with Gasteiger partial charge >= 0.3 is 0 Å². The molecule has 0 spiro atoms. The van der Waals surface area contributed by atoms with Gasteiger partial charge in [-0.15, -0.1) is 0 Å². The lowest BCUT2D eigenvalue weighted by molar-refractivity contribution is 1.61. The van der Waals surface area contributed by atoms with Gasteiger partial charge < -0.3 is 0 Å². The highest BCUT2D eigenvalue weighted by molar-refractivity contribution is 6.69. The lowest BCUT2D eigenvalue weighted by Crippen LogP contribution is -1.93. The number of hydrogen-bond donors (Lipinski definition) is 0. The molecule has 2 aromatic carbocycles. The summed E-state index contributed by atoms with van der Waals surface area (Å²) in [5.41, 5.74) is 0.0439. The fourth-order valence-corrected chi connectivity index (χ4v) is 5.23. The minimum Gasteiger partial charge on any atom is -0.0819 e. The smallest absolute Gasteiger partial charge is 0.0809 e. The molecule has 0 aliphatic heterocycles. The number of rotatable bonds is 2. The van der Waals surface area contributed by atoms with Crippen LogP contribution in [-0.2, 0) is 0 Å². The Morgan fingerprint density at radius 2 is 0.462 bits per heavy atom. The van der Waals surface area contributed by atoms with Crippen molar-refractivity contribution in [3.8, 4) is 0 Å². The molecule has 0 bridgehead atoms. The molecule has 0 aromatic heterocycles. The zero-order chi connectivity index (χ0) is 20.1. The second kappa shape index (κ2) is 9.21. The number of hydrogen-bond acceptors (Lipinski definition) is 0. The molecule has 0 N–H and O–H groups in total. The van der Waals surface area contributed by atoms with Gasteiger partial charge in [0.2, 0.25) is 0 Å². The zero-order valence-electron chi connectivity index (χ0n) is 11.5. The molecular formula is C14Cl12. The third kappa shape index (κ3) is 4.10. The second-order valence-corrected chi connectivity index (χ2v) is 9.05. The van der Waals surface area contributed by atoms with Crippen LogP contribution in [-0.4, -0.2) is 0 Å². The fraction of sp³-hybridized carbons (Fsp3) is 0. The van der Waals surface area contributed by atoms with E-state index in [2.05, 4.69) is 0 Å². The Morgan fingerprint density at radius 3 is 0.654 bits per heavy atom. The van der Waals surface area contributed by atoms with E-state index in [0.717, 1.165) is 0 Å². The Labute approximate surface area is 208 Å². The van der Waals surface area contributed by atoms with Gasteiger partial charge in [-0.2, -0.15) is 0 Å². The average molecular weight is 594 g/mol. The molecule has 0 heterocycles. The standard InChI is InChI=1S/C14Cl12/c15-3(1-5(17)9(21)13(25)10(22)6(1)18)4(16)2-7(19)11(23)14(26)12(24)8(2)20. The molecule has 0 aliphatic carbocycles. The summed E-state index contributed by atoms with van der Waals surface area (Å²) >= 11 is 73.6. The summed E-state index contributed by atoms with van der Waals surface area (Å²) in [6.07, 6.45) is 0. The molecule has 0 aliphatic rings. The molecule has 2 aromatic rings. The first-order chi connectivity index (χ1) is 11.9. The highest BCUT2D eigenvalue weighted by atomic mass is 35.5. The van der Waals surface area contributed by atoms with Crippen LogP contribution in [0.5, 0.6) is 0 Å². The molecule has 26 heavy (non-hydrogen) atoms. The Balaban J connectivity index is 2.91. The van der Waals surface area contributed by atoms with E-state index < -0.39 is 0 Å². The molecule has 0 radical (unpaired) electrons. The second-order valence-electron chi connectivity index (χ2n) is 4.52. The summed E-state index contributed by atoms with van der Waals surface area (Å²) in [4.78, 5) is 0. The van der Waals surface area contributed by atoms with E-state index >= 15 is 0 Å². The summed E-state index contributed by atoms with van der Waals surface area (Å²) in [6.45, 7) is 0. The first kappa shape index (κ1) is 23.9. The molecule has 0 nitrogen and oxygen atoms in total. The molecule has 0 atom stereocenters. The third-order valence-corrected chi connectivity index (χ3v) is 8.46. The molecule has 2 rings (SSSR count). The van der Waals surface area contributed by atoms with E-state index in [1.165, 1.54) is 0 Å². The summed E-state index contributed by atoms with van der Waals surface area (Å²) in [5.74, 6) is 0. The number of halogens is 12. The summed E-state index contributed by atoms with van der Waals surface area (Å²) in [7, 11) is 0. The minimum absolute atomic E-state index is 0.0220. The SMILES string of the molecule is ClC(=C(Cl)c1c(Cl)c(Cl)c(Cl)c(Cl)c1Cl)c1c(Cl)c(Cl)c(Cl)c(Cl)c1Cl. The van der Waals surface area contributed by atoms with Crippen LogP contribution >= 0.6 is 139 Å². The molecule has 0 saturated heterocycles. The van der Waals surface area contributed by atoms with Gasteiger partial charge in [-0.25, -0.2) is 0 Å². The van der Waals surface area contributed by atoms with Crippen LogP contribution in [0.3, 0.4) is 0 Å². The van der Waals surface area contributed by atoms with Crippen LogP contribution in [0.2, 0.25) is 50.2 Å². The van der Waals surface area contributed by atoms with Crippen molar-refractivity contribution in [1.82, 2.24) is 0 Å². The molecule has 0 fully saturated rings. The molecule has 12 heteroatoms. The Bertz CT molecular complexity index is 824. The molecule has 140 valence electrons. The first-order valence-electron chi connectivity index (χ1n) is 6.02. The highest BCUT2D eigenvalue weighted by Crippen LogP contribution is 2.52. The van der Waals surface area contributed by atoms with Crippen LogP contribution in [0.4, 0.5) is 0 Å². The monoisotopic (exact) mass is 588 g/mol. The largest absolute Gasteiger partial charge is 0.0819 e. The average Bonchev–Trinajstić information content (AvgIpc) is 2.61. The zero-order valence-corrected chi connectivity index (χ0v) is 20.6. The maximum absolute atomic E-state index is 6.37. The quantitative estimate of drug-likeness (QED) is 0.185. The van der Waals surface area contributed by atoms with Crippen molar-refractivity contribution in [2.75, 3.05) is 0 Å². The predicted molar refractivity (Wildman–Crippen MR) is 122 cm³/mol. The van der Waals surface area contributed by atoms with Gasteiger partial charge in [-0.05, 0) is 0 Å². The van der Waals surface area contributed by atoms with Crippen molar-refractivity contribution >= 4 is 149 Å². The van der Waals surface area contributed by atoms with E-state index in [1.807, 2.05) is 0 Å². The lowest BCUT2D eigenvalue weighted by Gasteiger charge is -2.16. The van der Waals surface area contributed by atoms with Gasteiger partial charge in [0.25, 0.3) is 0 Å². The lowest BCUT2D eigenvalue weighted by atomic mass is 10.1. The van der Waals surface area contributed by atoms with Crippen molar-refractivity contribution in [3.63, 3.8) is 0 Å². The molecular weight excluding hydrogens is 594 g/mol. The van der Waals surface area contributed by atoms with Gasteiger partial charge in [0.05, 0.1) is 60.3 Å². The maximum Gasteiger partial charge on any atom is 0.0809 e. The Hall–Kier alpha value is 1.66. The fourth-order valence-electron chi connectivity index (χ4n) is 1.81. The van der Waals surface area contributed by atoms with Crippen LogP contribution in [0.15, 0.2) is 0 Å². The summed E-state index contributed by atoms with van der Waals surface area (Å²) < 4.78 is 0. The van der Waals surface area contributed by atoms with Crippen LogP contribution < -0.4 is 0 Å². The highest BCUT2D eigenvalue weighted by Gasteiger charge is 2.27. The molecule has 0 saturated carbocycles. The molecule has 0 unspecified atom stereocenters. The van der Waals surface area contributed by atoms with Gasteiger partial charge in [-0.3, -0.25) is 0 Å². The van der Waals surface area contributed by atoms with Crippen molar-refractivity contribution in [3.05, 3.63) is 61.4 Å². The Kier molecular flexibility index (Phi) is 8.48. The third-order valence-electron chi connectivity index (χ3n) is 3.05. The van der Waals surface area contributed by atoms with Crippen molar-refractivity contribution in [1.29, 1.82) is 0 Å². The van der Waals surface area contributed by atoms with Gasteiger partial charge in [0.15, 0.2) is 0 Å².